The van der Waals surface area contributed by atoms with Crippen molar-refractivity contribution in [1.82, 2.24) is 10.2 Å². The largest absolute Gasteiger partial charge is 0.350 e. The number of likely N-dealkylation sites (N-methyl/N-ethyl adjacent to an activating group) is 1. The van der Waals surface area contributed by atoms with Crippen molar-refractivity contribution in [3.63, 3.8) is 0 Å². The summed E-state index contributed by atoms with van der Waals surface area (Å²) >= 11 is 0. The zero-order chi connectivity index (χ0) is 13.7. The molecule has 0 aromatic carbocycles. The second-order valence-electron chi connectivity index (χ2n) is 5.79. The van der Waals surface area contributed by atoms with Gasteiger partial charge in [-0.3, -0.25) is 9.69 Å². The van der Waals surface area contributed by atoms with Crippen molar-refractivity contribution in [2.24, 2.45) is 5.73 Å². The summed E-state index contributed by atoms with van der Waals surface area (Å²) in [6.07, 6.45) is 1.92. The van der Waals surface area contributed by atoms with Gasteiger partial charge in [-0.2, -0.15) is 0 Å². The summed E-state index contributed by atoms with van der Waals surface area (Å²) in [5, 5.41) is 2.97. The van der Waals surface area contributed by atoms with E-state index in [4.69, 9.17) is 5.73 Å². The van der Waals surface area contributed by atoms with Crippen molar-refractivity contribution < 1.29 is 4.79 Å². The van der Waals surface area contributed by atoms with Gasteiger partial charge >= 0.3 is 0 Å². The summed E-state index contributed by atoms with van der Waals surface area (Å²) in [5.41, 5.74) is 5.62. The van der Waals surface area contributed by atoms with E-state index in [9.17, 15) is 4.79 Å². The number of hydrogen-bond acceptors (Lipinski definition) is 3. The van der Waals surface area contributed by atoms with E-state index in [2.05, 4.69) is 24.1 Å². The van der Waals surface area contributed by atoms with E-state index in [1.54, 1.807) is 0 Å². The smallest absolute Gasteiger partial charge is 0.234 e. The first-order chi connectivity index (χ1) is 7.70. The van der Waals surface area contributed by atoms with Crippen LogP contribution in [-0.2, 0) is 4.79 Å². The maximum absolute atomic E-state index is 11.9. The number of nitrogens with one attached hydrogen (secondary N) is 1. The lowest BCUT2D eigenvalue weighted by Crippen LogP contribution is -2.55. The summed E-state index contributed by atoms with van der Waals surface area (Å²) in [7, 11) is 1.97. The molecule has 0 spiro atoms. The molecule has 0 aromatic heterocycles. The first kappa shape index (κ1) is 16.4. The van der Waals surface area contributed by atoms with Crippen LogP contribution in [-0.4, -0.2) is 42.0 Å². The molecular weight excluding hydrogens is 214 g/mol. The van der Waals surface area contributed by atoms with Gasteiger partial charge in [0.25, 0.3) is 0 Å². The number of hydrogen-bond donors (Lipinski definition) is 2. The number of amides is 1. The zero-order valence-electron chi connectivity index (χ0n) is 12.3. The van der Waals surface area contributed by atoms with Crippen LogP contribution in [0, 0.1) is 0 Å². The number of rotatable bonds is 6. The Bertz CT molecular complexity index is 233. The van der Waals surface area contributed by atoms with E-state index >= 15 is 0 Å². The third-order valence-corrected chi connectivity index (χ3v) is 3.40. The maximum Gasteiger partial charge on any atom is 0.234 e. The minimum atomic E-state index is -0.179. The fourth-order valence-electron chi connectivity index (χ4n) is 2.08. The SMILES string of the molecule is CCC(CC)(CN)N(C)CC(=O)NC(C)(C)C. The summed E-state index contributed by atoms with van der Waals surface area (Å²) in [6, 6.07) is 0. The van der Waals surface area contributed by atoms with Crippen molar-refractivity contribution in [1.29, 1.82) is 0 Å². The molecule has 1 amide bonds. The first-order valence-electron chi connectivity index (χ1n) is 6.43. The van der Waals surface area contributed by atoms with E-state index in [0.717, 1.165) is 12.8 Å². The lowest BCUT2D eigenvalue weighted by molar-refractivity contribution is -0.124. The summed E-state index contributed by atoms with van der Waals surface area (Å²) in [4.78, 5) is 13.9. The molecule has 17 heavy (non-hydrogen) atoms. The highest BCUT2D eigenvalue weighted by Gasteiger charge is 2.30. The minimum Gasteiger partial charge on any atom is -0.350 e. The number of carbonyl (C=O) groups is 1. The van der Waals surface area contributed by atoms with Gasteiger partial charge in [0.05, 0.1) is 6.54 Å². The lowest BCUT2D eigenvalue weighted by atomic mass is 9.91. The first-order valence-corrected chi connectivity index (χ1v) is 6.43. The molecule has 4 nitrogen and oxygen atoms in total. The Morgan fingerprint density at radius 1 is 1.24 bits per heavy atom. The molecule has 0 saturated carbocycles. The van der Waals surface area contributed by atoms with Crippen molar-refractivity contribution >= 4 is 5.91 Å². The molecule has 4 heteroatoms. The van der Waals surface area contributed by atoms with Gasteiger partial charge in [0, 0.05) is 17.6 Å². The zero-order valence-corrected chi connectivity index (χ0v) is 12.3. The van der Waals surface area contributed by atoms with Gasteiger partial charge in [-0.15, -0.1) is 0 Å². The third kappa shape index (κ3) is 5.04. The van der Waals surface area contributed by atoms with Gasteiger partial charge in [0.15, 0.2) is 0 Å². The van der Waals surface area contributed by atoms with Crippen molar-refractivity contribution in [3.8, 4) is 0 Å². The average molecular weight is 243 g/mol. The second-order valence-corrected chi connectivity index (χ2v) is 5.79. The molecule has 0 unspecified atom stereocenters. The quantitative estimate of drug-likeness (QED) is 0.740. The Morgan fingerprint density at radius 3 is 2.00 bits per heavy atom. The van der Waals surface area contributed by atoms with E-state index in [1.165, 1.54) is 0 Å². The molecule has 0 aliphatic rings. The van der Waals surface area contributed by atoms with E-state index in [0.29, 0.717) is 13.1 Å². The van der Waals surface area contributed by atoms with Crippen LogP contribution in [0.4, 0.5) is 0 Å². The Labute approximate surface area is 106 Å². The molecule has 0 atom stereocenters. The Kier molecular flexibility index (Phi) is 6.13. The van der Waals surface area contributed by atoms with Crippen LogP contribution in [0.3, 0.4) is 0 Å². The molecule has 0 aliphatic heterocycles. The maximum atomic E-state index is 11.9. The molecule has 102 valence electrons. The second kappa shape index (κ2) is 6.36. The average Bonchev–Trinajstić information content (AvgIpc) is 2.18. The van der Waals surface area contributed by atoms with Crippen LogP contribution in [0.5, 0.6) is 0 Å². The topological polar surface area (TPSA) is 58.4 Å². The number of carbonyl (C=O) groups excluding carboxylic acids is 1. The Hall–Kier alpha value is -0.610. The van der Waals surface area contributed by atoms with Gasteiger partial charge in [-0.05, 0) is 40.7 Å². The highest BCUT2D eigenvalue weighted by Crippen LogP contribution is 2.20. The van der Waals surface area contributed by atoms with Gasteiger partial charge in [-0.25, -0.2) is 0 Å². The van der Waals surface area contributed by atoms with E-state index in [-0.39, 0.29) is 17.0 Å². The molecule has 0 radical (unpaired) electrons. The van der Waals surface area contributed by atoms with Crippen molar-refractivity contribution in [2.75, 3.05) is 20.1 Å². The monoisotopic (exact) mass is 243 g/mol. The predicted octanol–water partition coefficient (Wildman–Crippen LogP) is 1.35. The van der Waals surface area contributed by atoms with Crippen molar-refractivity contribution in [2.45, 2.75) is 58.5 Å². The number of nitrogens with two attached hydrogens (primary N) is 1. The molecule has 0 rings (SSSR count). The molecule has 0 aliphatic carbocycles. The molecule has 0 aromatic rings. The van der Waals surface area contributed by atoms with E-state index < -0.39 is 0 Å². The normalized spacial score (nSPS) is 12.9. The predicted molar refractivity (Wildman–Crippen MR) is 72.9 cm³/mol. The van der Waals surface area contributed by atoms with Crippen LogP contribution in [0.1, 0.15) is 47.5 Å². The Morgan fingerprint density at radius 2 is 1.71 bits per heavy atom. The third-order valence-electron chi connectivity index (χ3n) is 3.40. The van der Waals surface area contributed by atoms with Crippen LogP contribution in [0.15, 0.2) is 0 Å². The van der Waals surface area contributed by atoms with Gasteiger partial charge in [0.1, 0.15) is 0 Å². The molecule has 3 N–H and O–H groups in total. The van der Waals surface area contributed by atoms with E-state index in [1.807, 2.05) is 27.8 Å². The van der Waals surface area contributed by atoms with Gasteiger partial charge < -0.3 is 11.1 Å². The molecule has 0 saturated heterocycles. The molecule has 0 fully saturated rings. The summed E-state index contributed by atoms with van der Waals surface area (Å²) in [5.74, 6) is 0.0553. The van der Waals surface area contributed by atoms with Crippen molar-refractivity contribution in [3.05, 3.63) is 0 Å². The van der Waals surface area contributed by atoms with Crippen LogP contribution in [0.2, 0.25) is 0 Å². The Balaban J connectivity index is 4.51. The molecule has 0 heterocycles. The summed E-state index contributed by atoms with van der Waals surface area (Å²) in [6.45, 7) is 11.2. The number of nitrogens with zero attached hydrogens (tertiary/aromatic N) is 1. The molecule has 0 bridgehead atoms. The van der Waals surface area contributed by atoms with Gasteiger partial charge in [0.2, 0.25) is 5.91 Å². The van der Waals surface area contributed by atoms with Crippen LogP contribution in [0.25, 0.3) is 0 Å². The fraction of sp³-hybridized carbons (Fsp3) is 0.923. The standard InChI is InChI=1S/C13H29N3O/c1-7-13(8-2,10-14)16(6)9-11(17)15-12(3,4)5/h7-10,14H2,1-6H3,(H,15,17). The minimum absolute atomic E-state index is 0.0553. The lowest BCUT2D eigenvalue weighted by Gasteiger charge is -2.40. The highest BCUT2D eigenvalue weighted by atomic mass is 16.2. The highest BCUT2D eigenvalue weighted by molar-refractivity contribution is 5.78. The van der Waals surface area contributed by atoms with Crippen LogP contribution < -0.4 is 11.1 Å². The fourth-order valence-corrected chi connectivity index (χ4v) is 2.08. The molecular formula is C13H29N3O. The summed E-state index contributed by atoms with van der Waals surface area (Å²) < 4.78 is 0. The van der Waals surface area contributed by atoms with Gasteiger partial charge in [-0.1, -0.05) is 13.8 Å². The van der Waals surface area contributed by atoms with Crippen LogP contribution >= 0.6 is 0 Å².